The van der Waals surface area contributed by atoms with Crippen LogP contribution in [0.5, 0.6) is 0 Å². The molecule has 110 valence electrons. The van der Waals surface area contributed by atoms with E-state index in [9.17, 15) is 0 Å². The Morgan fingerprint density at radius 2 is 1.85 bits per heavy atom. The van der Waals surface area contributed by atoms with Gasteiger partial charge >= 0.3 is 0 Å². The third-order valence-corrected chi connectivity index (χ3v) is 3.41. The lowest BCUT2D eigenvalue weighted by Gasteiger charge is -2.47. The van der Waals surface area contributed by atoms with E-state index in [4.69, 9.17) is 15.9 Å². The molecule has 0 aromatic heterocycles. The number of hydrogen-bond donors (Lipinski definition) is 2. The number of nitrogens with two attached hydrogens (primary N) is 1. The molecule has 4 heteroatoms. The highest BCUT2D eigenvalue weighted by molar-refractivity contribution is 5.95. The maximum atomic E-state index is 7.52. The molecular formula is C16H25N3O. The summed E-state index contributed by atoms with van der Waals surface area (Å²) < 4.78 is 6.10. The Kier molecular flexibility index (Phi) is 3.89. The highest BCUT2D eigenvalue weighted by Gasteiger charge is 2.37. The molecule has 0 saturated carbocycles. The van der Waals surface area contributed by atoms with Gasteiger partial charge in [-0.25, -0.2) is 0 Å². The number of nitrogen functional groups attached to an aromatic ring is 1. The quantitative estimate of drug-likeness (QED) is 0.657. The zero-order valence-corrected chi connectivity index (χ0v) is 12.9. The van der Waals surface area contributed by atoms with Gasteiger partial charge in [0.15, 0.2) is 0 Å². The van der Waals surface area contributed by atoms with Gasteiger partial charge in [0, 0.05) is 25.2 Å². The van der Waals surface area contributed by atoms with Crippen LogP contribution in [0, 0.1) is 5.41 Å². The summed E-state index contributed by atoms with van der Waals surface area (Å²) in [4.78, 5) is 2.41. The molecule has 1 saturated heterocycles. The van der Waals surface area contributed by atoms with Crippen molar-refractivity contribution in [3.8, 4) is 0 Å². The van der Waals surface area contributed by atoms with Crippen LogP contribution in [0.4, 0.5) is 0 Å². The van der Waals surface area contributed by atoms with Gasteiger partial charge in [0.25, 0.3) is 0 Å². The van der Waals surface area contributed by atoms with Crippen molar-refractivity contribution in [2.24, 2.45) is 5.73 Å². The number of benzene rings is 1. The van der Waals surface area contributed by atoms with Crippen LogP contribution in [0.2, 0.25) is 0 Å². The van der Waals surface area contributed by atoms with Crippen LogP contribution in [0.3, 0.4) is 0 Å². The largest absolute Gasteiger partial charge is 0.384 e. The average Bonchev–Trinajstić information content (AvgIpc) is 2.24. The van der Waals surface area contributed by atoms with Gasteiger partial charge in [-0.2, -0.15) is 0 Å². The van der Waals surface area contributed by atoms with Crippen molar-refractivity contribution in [1.29, 1.82) is 5.41 Å². The number of hydrogen-bond acceptors (Lipinski definition) is 3. The van der Waals surface area contributed by atoms with E-state index in [1.165, 1.54) is 5.56 Å². The second kappa shape index (κ2) is 5.19. The van der Waals surface area contributed by atoms with Crippen LogP contribution >= 0.6 is 0 Å². The topological polar surface area (TPSA) is 62.3 Å². The highest BCUT2D eigenvalue weighted by atomic mass is 16.5. The highest BCUT2D eigenvalue weighted by Crippen LogP contribution is 2.28. The van der Waals surface area contributed by atoms with E-state index in [0.29, 0.717) is 0 Å². The molecule has 1 aliphatic rings. The number of nitrogens with one attached hydrogen (secondary N) is 1. The molecule has 0 aliphatic carbocycles. The van der Waals surface area contributed by atoms with E-state index in [1.54, 1.807) is 0 Å². The minimum Gasteiger partial charge on any atom is -0.384 e. The first-order valence-electron chi connectivity index (χ1n) is 7.03. The minimum atomic E-state index is -0.139. The summed E-state index contributed by atoms with van der Waals surface area (Å²) in [6.45, 7) is 11.2. The minimum absolute atomic E-state index is 0.120. The van der Waals surface area contributed by atoms with Gasteiger partial charge in [0.1, 0.15) is 5.84 Å². The Hall–Kier alpha value is -1.39. The van der Waals surface area contributed by atoms with Crippen molar-refractivity contribution in [2.75, 3.05) is 13.1 Å². The Morgan fingerprint density at radius 3 is 2.40 bits per heavy atom. The fourth-order valence-electron chi connectivity index (χ4n) is 3.15. The molecule has 1 heterocycles. The molecule has 0 bridgehead atoms. The van der Waals surface area contributed by atoms with Crippen molar-refractivity contribution in [3.05, 3.63) is 35.4 Å². The van der Waals surface area contributed by atoms with E-state index < -0.39 is 0 Å². The van der Waals surface area contributed by atoms with Crippen LogP contribution in [0.15, 0.2) is 24.3 Å². The Bertz CT molecular complexity index is 492. The van der Waals surface area contributed by atoms with Crippen molar-refractivity contribution in [3.63, 3.8) is 0 Å². The zero-order valence-electron chi connectivity index (χ0n) is 12.9. The van der Waals surface area contributed by atoms with E-state index in [1.807, 2.05) is 18.2 Å². The molecule has 1 aromatic rings. The van der Waals surface area contributed by atoms with E-state index in [2.05, 4.69) is 38.7 Å². The van der Waals surface area contributed by atoms with Crippen LogP contribution in [0.25, 0.3) is 0 Å². The number of ether oxygens (including phenoxy) is 1. The predicted octanol–water partition coefficient (Wildman–Crippen LogP) is 2.36. The fraction of sp³-hybridized carbons (Fsp3) is 0.562. The third kappa shape index (κ3) is 3.81. The number of amidine groups is 1. The van der Waals surface area contributed by atoms with Crippen molar-refractivity contribution in [1.82, 2.24) is 4.90 Å². The van der Waals surface area contributed by atoms with Gasteiger partial charge in [-0.1, -0.05) is 18.2 Å². The van der Waals surface area contributed by atoms with Crippen LogP contribution in [-0.4, -0.2) is 35.0 Å². The maximum Gasteiger partial charge on any atom is 0.122 e. The molecule has 0 atom stereocenters. The molecule has 1 fully saturated rings. The summed E-state index contributed by atoms with van der Waals surface area (Å²) in [5.74, 6) is 0.120. The molecular weight excluding hydrogens is 250 g/mol. The van der Waals surface area contributed by atoms with E-state index in [-0.39, 0.29) is 17.0 Å². The van der Waals surface area contributed by atoms with Gasteiger partial charge in [-0.15, -0.1) is 0 Å². The van der Waals surface area contributed by atoms with Crippen molar-refractivity contribution >= 4 is 5.84 Å². The molecule has 1 aliphatic heterocycles. The predicted molar refractivity (Wildman–Crippen MR) is 82.0 cm³/mol. The molecule has 20 heavy (non-hydrogen) atoms. The first-order valence-corrected chi connectivity index (χ1v) is 7.03. The second-order valence-electron chi connectivity index (χ2n) is 6.88. The lowest BCUT2D eigenvalue weighted by atomic mass is 9.98. The van der Waals surface area contributed by atoms with Gasteiger partial charge in [-0.05, 0) is 39.3 Å². The van der Waals surface area contributed by atoms with Gasteiger partial charge < -0.3 is 10.5 Å². The van der Waals surface area contributed by atoms with Gasteiger partial charge in [0.05, 0.1) is 11.2 Å². The first kappa shape index (κ1) is 15.0. The standard InChI is InChI=1S/C16H25N3O/c1-15(2)10-19(11-16(3,4)20-15)9-12-6-5-7-13(8-12)14(17)18/h5-8H,9-11H2,1-4H3,(H3,17,18). The Labute approximate surface area is 121 Å². The molecule has 4 nitrogen and oxygen atoms in total. The lowest BCUT2D eigenvalue weighted by Crippen LogP contribution is -2.56. The van der Waals surface area contributed by atoms with Gasteiger partial charge in [-0.3, -0.25) is 10.3 Å². The van der Waals surface area contributed by atoms with E-state index >= 15 is 0 Å². The normalized spacial score (nSPS) is 21.6. The van der Waals surface area contributed by atoms with Crippen LogP contribution < -0.4 is 5.73 Å². The van der Waals surface area contributed by atoms with Crippen molar-refractivity contribution < 1.29 is 4.74 Å². The van der Waals surface area contributed by atoms with Crippen molar-refractivity contribution in [2.45, 2.75) is 45.4 Å². The summed E-state index contributed by atoms with van der Waals surface area (Å²) in [6.07, 6.45) is 0. The number of rotatable bonds is 3. The van der Waals surface area contributed by atoms with Crippen LogP contribution in [-0.2, 0) is 11.3 Å². The Balaban J connectivity index is 2.13. The molecule has 0 amide bonds. The summed E-state index contributed by atoms with van der Waals surface area (Å²) in [6, 6.07) is 7.92. The third-order valence-electron chi connectivity index (χ3n) is 3.41. The molecule has 3 N–H and O–H groups in total. The number of nitrogens with zero attached hydrogens (tertiary/aromatic N) is 1. The molecule has 2 rings (SSSR count). The first-order chi connectivity index (χ1) is 9.17. The monoisotopic (exact) mass is 275 g/mol. The van der Waals surface area contributed by atoms with Gasteiger partial charge in [0.2, 0.25) is 0 Å². The fourth-order valence-corrected chi connectivity index (χ4v) is 3.15. The summed E-state index contributed by atoms with van der Waals surface area (Å²) in [5.41, 5.74) is 7.25. The molecule has 1 aromatic carbocycles. The molecule has 0 spiro atoms. The second-order valence-corrected chi connectivity index (χ2v) is 6.88. The maximum absolute atomic E-state index is 7.52. The summed E-state index contributed by atoms with van der Waals surface area (Å²) >= 11 is 0. The Morgan fingerprint density at radius 1 is 1.25 bits per heavy atom. The van der Waals surface area contributed by atoms with E-state index in [0.717, 1.165) is 25.2 Å². The zero-order chi connectivity index (χ0) is 15.0. The SMILES string of the molecule is CC1(C)CN(Cc2cccc(C(=N)N)c2)CC(C)(C)O1. The summed E-state index contributed by atoms with van der Waals surface area (Å²) in [7, 11) is 0. The molecule has 0 unspecified atom stereocenters. The van der Waals surface area contributed by atoms with Crippen LogP contribution in [0.1, 0.15) is 38.8 Å². The lowest BCUT2D eigenvalue weighted by molar-refractivity contribution is -0.182. The summed E-state index contributed by atoms with van der Waals surface area (Å²) in [5, 5.41) is 7.52. The average molecular weight is 275 g/mol. The number of morpholine rings is 1. The molecule has 0 radical (unpaired) electrons. The smallest absolute Gasteiger partial charge is 0.122 e.